The molecule has 0 saturated carbocycles. The first kappa shape index (κ1) is 26.4. The van der Waals surface area contributed by atoms with Gasteiger partial charge in [0.1, 0.15) is 11.3 Å². The van der Waals surface area contributed by atoms with Gasteiger partial charge in [-0.3, -0.25) is 0 Å². The highest BCUT2D eigenvalue weighted by Gasteiger charge is 2.24. The number of aromatic nitrogens is 2. The minimum Gasteiger partial charge on any atom is -0.493 e. The summed E-state index contributed by atoms with van der Waals surface area (Å²) in [6.07, 6.45) is 3.28. The molecule has 8 nitrogen and oxygen atoms in total. The summed E-state index contributed by atoms with van der Waals surface area (Å²) < 4.78 is 29.0. The topological polar surface area (TPSA) is 83.0 Å². The fourth-order valence-electron chi connectivity index (χ4n) is 5.02. The molecule has 38 heavy (non-hydrogen) atoms. The van der Waals surface area contributed by atoms with E-state index in [-0.39, 0.29) is 17.8 Å². The fourth-order valence-corrected chi connectivity index (χ4v) is 5.02. The Kier molecular flexibility index (Phi) is 7.54. The first-order chi connectivity index (χ1) is 17.9. The van der Waals surface area contributed by atoms with Gasteiger partial charge in [0.2, 0.25) is 12.7 Å². The van der Waals surface area contributed by atoms with Crippen LogP contribution < -0.4 is 14.2 Å². The number of hydrogen-bond acceptors (Lipinski definition) is 8. The summed E-state index contributed by atoms with van der Waals surface area (Å²) in [6, 6.07) is 14.2. The quantitative estimate of drug-likeness (QED) is 0.243. The molecule has 4 heterocycles. The van der Waals surface area contributed by atoms with Crippen molar-refractivity contribution in [1.29, 1.82) is 0 Å². The van der Waals surface area contributed by atoms with Gasteiger partial charge in [-0.25, -0.2) is 0 Å². The molecule has 2 aliphatic rings. The molecule has 9 heteroatoms. The Hall–Kier alpha value is -3.23. The average molecular weight is 540 g/mol. The molecule has 0 aliphatic carbocycles. The van der Waals surface area contributed by atoms with Gasteiger partial charge in [-0.2, -0.15) is 0 Å². The molecule has 2 aromatic heterocycles. The molecule has 2 aromatic carbocycles. The second-order valence-corrected chi connectivity index (χ2v) is 10.9. The van der Waals surface area contributed by atoms with E-state index in [0.717, 1.165) is 67.1 Å². The van der Waals surface area contributed by atoms with E-state index >= 15 is 0 Å². The van der Waals surface area contributed by atoms with Gasteiger partial charge in [0.25, 0.3) is 5.89 Å². The van der Waals surface area contributed by atoms with Gasteiger partial charge >= 0.3 is 0 Å². The fraction of sp³-hybridized carbons (Fsp3) is 0.448. The number of ether oxygens (including phenoxy) is 3. The highest BCUT2D eigenvalue weighted by atomic mass is 35.5. The normalized spacial score (nSPS) is 16.1. The van der Waals surface area contributed by atoms with Crippen LogP contribution in [0.2, 0.25) is 0 Å². The van der Waals surface area contributed by atoms with E-state index in [2.05, 4.69) is 27.2 Å². The van der Waals surface area contributed by atoms with Gasteiger partial charge in [-0.1, -0.05) is 32.9 Å². The lowest BCUT2D eigenvalue weighted by molar-refractivity contribution is 0.173. The molecule has 0 radical (unpaired) electrons. The van der Waals surface area contributed by atoms with Gasteiger partial charge in [0, 0.05) is 18.0 Å². The van der Waals surface area contributed by atoms with E-state index in [9.17, 15) is 0 Å². The monoisotopic (exact) mass is 539 g/mol. The van der Waals surface area contributed by atoms with Crippen LogP contribution in [0.25, 0.3) is 22.6 Å². The van der Waals surface area contributed by atoms with Crippen molar-refractivity contribution in [3.8, 4) is 28.9 Å². The second kappa shape index (κ2) is 10.9. The highest BCUT2D eigenvalue weighted by Crippen LogP contribution is 2.38. The van der Waals surface area contributed by atoms with Crippen LogP contribution in [-0.2, 0) is 5.41 Å². The van der Waals surface area contributed by atoms with E-state index in [1.807, 2.05) is 51.1 Å². The number of likely N-dealkylation sites (tertiary alicyclic amines) is 1. The first-order valence-corrected chi connectivity index (χ1v) is 13.1. The van der Waals surface area contributed by atoms with Gasteiger partial charge < -0.3 is 27.9 Å². The molecule has 0 unspecified atom stereocenters. The lowest BCUT2D eigenvalue weighted by Crippen LogP contribution is -2.34. The predicted molar refractivity (Wildman–Crippen MR) is 147 cm³/mol. The third-order valence-electron chi connectivity index (χ3n) is 7.13. The molecule has 202 valence electrons. The zero-order chi connectivity index (χ0) is 25.4. The maximum atomic E-state index is 6.17. The summed E-state index contributed by atoms with van der Waals surface area (Å²) in [5, 5.41) is 9.26. The van der Waals surface area contributed by atoms with Crippen LogP contribution in [0.3, 0.4) is 0 Å². The Labute approximate surface area is 228 Å². The lowest BCUT2D eigenvalue weighted by Gasteiger charge is -2.32. The summed E-state index contributed by atoms with van der Waals surface area (Å²) in [5.41, 5.74) is 1.88. The number of furan rings is 1. The van der Waals surface area contributed by atoms with Crippen LogP contribution in [0.5, 0.6) is 17.2 Å². The number of nitrogens with zero attached hydrogens (tertiary/aromatic N) is 3. The Balaban J connectivity index is 0.00000294. The lowest BCUT2D eigenvalue weighted by atomic mass is 9.89. The molecule has 0 spiro atoms. The van der Waals surface area contributed by atoms with Crippen molar-refractivity contribution < 1.29 is 23.0 Å². The number of hydrogen-bond donors (Lipinski definition) is 0. The SMILES string of the molecule is CC(C)(C)c1nnc(-c2cc3c(OCCCN4CCC(c5ccc6c(c5)OCO6)CC4)cccc3o2)o1.Cl. The molecule has 4 aromatic rings. The molecule has 1 fully saturated rings. The zero-order valence-electron chi connectivity index (χ0n) is 22.1. The third kappa shape index (κ3) is 5.47. The van der Waals surface area contributed by atoms with Crippen LogP contribution in [0, 0.1) is 0 Å². The van der Waals surface area contributed by atoms with Crippen LogP contribution in [0.1, 0.15) is 57.4 Å². The highest BCUT2D eigenvalue weighted by molar-refractivity contribution is 5.87. The third-order valence-corrected chi connectivity index (χ3v) is 7.13. The summed E-state index contributed by atoms with van der Waals surface area (Å²) in [6.45, 7) is 10.3. The maximum Gasteiger partial charge on any atom is 0.283 e. The molecule has 0 N–H and O–H groups in total. The van der Waals surface area contributed by atoms with Crippen molar-refractivity contribution >= 4 is 23.4 Å². The van der Waals surface area contributed by atoms with Crippen molar-refractivity contribution in [3.63, 3.8) is 0 Å². The summed E-state index contributed by atoms with van der Waals surface area (Å²) in [7, 11) is 0. The van der Waals surface area contributed by atoms with E-state index in [0.29, 0.717) is 36.9 Å². The largest absolute Gasteiger partial charge is 0.493 e. The van der Waals surface area contributed by atoms with Crippen LogP contribution in [0.15, 0.2) is 51.3 Å². The van der Waals surface area contributed by atoms with Crippen LogP contribution in [0.4, 0.5) is 0 Å². The predicted octanol–water partition coefficient (Wildman–Crippen LogP) is 6.58. The smallest absolute Gasteiger partial charge is 0.283 e. The number of piperidine rings is 1. The molecule has 0 atom stereocenters. The standard InChI is InChI=1S/C29H33N3O5.ClH/c1-29(2,3)28-31-30-27(37-28)26-17-21-22(6-4-7-23(21)36-26)33-15-5-12-32-13-10-19(11-14-32)20-8-9-24-25(16-20)35-18-34-24;/h4,6-9,16-17,19H,5,10-15,18H2,1-3H3;1H. The Bertz CT molecular complexity index is 1380. The number of halogens is 1. The maximum absolute atomic E-state index is 6.17. The van der Waals surface area contributed by atoms with E-state index < -0.39 is 0 Å². The molecule has 6 rings (SSSR count). The molecule has 0 amide bonds. The minimum atomic E-state index is -0.216. The van der Waals surface area contributed by atoms with E-state index in [4.69, 9.17) is 23.0 Å². The van der Waals surface area contributed by atoms with Gasteiger partial charge in [0.05, 0.1) is 12.0 Å². The molecular weight excluding hydrogens is 506 g/mol. The summed E-state index contributed by atoms with van der Waals surface area (Å²) in [4.78, 5) is 2.53. The number of rotatable bonds is 7. The van der Waals surface area contributed by atoms with E-state index in [1.54, 1.807) is 0 Å². The average Bonchev–Trinajstić information content (AvgIpc) is 3.65. The molecule has 0 bridgehead atoms. The van der Waals surface area contributed by atoms with Crippen molar-refractivity contribution in [1.82, 2.24) is 15.1 Å². The molecule has 2 aliphatic heterocycles. The first-order valence-electron chi connectivity index (χ1n) is 13.1. The minimum absolute atomic E-state index is 0. The summed E-state index contributed by atoms with van der Waals surface area (Å²) >= 11 is 0. The number of benzene rings is 2. The van der Waals surface area contributed by atoms with E-state index in [1.165, 1.54) is 5.56 Å². The van der Waals surface area contributed by atoms with Gasteiger partial charge in [0.15, 0.2) is 17.3 Å². The Morgan fingerprint density at radius 3 is 2.58 bits per heavy atom. The number of fused-ring (bicyclic) bond motifs is 2. The summed E-state index contributed by atoms with van der Waals surface area (Å²) in [5.74, 6) is 4.64. The zero-order valence-corrected chi connectivity index (χ0v) is 22.9. The van der Waals surface area contributed by atoms with Crippen molar-refractivity contribution in [2.45, 2.75) is 51.4 Å². The van der Waals surface area contributed by atoms with Crippen molar-refractivity contribution in [2.24, 2.45) is 0 Å². The molecule has 1 saturated heterocycles. The van der Waals surface area contributed by atoms with Crippen molar-refractivity contribution in [2.75, 3.05) is 33.0 Å². The Morgan fingerprint density at radius 1 is 0.974 bits per heavy atom. The van der Waals surface area contributed by atoms with Crippen LogP contribution in [-0.4, -0.2) is 48.1 Å². The van der Waals surface area contributed by atoms with Gasteiger partial charge in [-0.15, -0.1) is 22.6 Å². The molecular formula is C29H34ClN3O5. The van der Waals surface area contributed by atoms with Crippen LogP contribution >= 0.6 is 12.4 Å². The second-order valence-electron chi connectivity index (χ2n) is 10.9. The van der Waals surface area contributed by atoms with Gasteiger partial charge in [-0.05, 0) is 68.1 Å². The Morgan fingerprint density at radius 2 is 1.79 bits per heavy atom. The van der Waals surface area contributed by atoms with Crippen molar-refractivity contribution in [3.05, 3.63) is 53.9 Å².